The molecule has 1 aliphatic rings. The van der Waals surface area contributed by atoms with Gasteiger partial charge in [0.15, 0.2) is 0 Å². The van der Waals surface area contributed by atoms with Crippen LogP contribution in [-0.4, -0.2) is 24.5 Å². The Labute approximate surface area is 98.4 Å². The smallest absolute Gasteiger partial charge is 0.0314 e. The molecule has 2 N–H and O–H groups in total. The SMILES string of the molecule is CCCCN1CCC(c2ccc(N)cc2)C1. The molecule has 0 amide bonds. The molecular formula is C14H22N2. The third-order valence-electron chi connectivity index (χ3n) is 3.51. The number of nitrogens with two attached hydrogens (primary N) is 1. The summed E-state index contributed by atoms with van der Waals surface area (Å²) in [6.07, 6.45) is 3.92. The van der Waals surface area contributed by atoms with Crippen LogP contribution in [0.2, 0.25) is 0 Å². The summed E-state index contributed by atoms with van der Waals surface area (Å²) in [5.41, 5.74) is 8.03. The van der Waals surface area contributed by atoms with Gasteiger partial charge in [-0.2, -0.15) is 0 Å². The number of likely N-dealkylation sites (tertiary alicyclic amines) is 1. The molecule has 1 atom stereocenters. The van der Waals surface area contributed by atoms with Gasteiger partial charge in [-0.1, -0.05) is 25.5 Å². The fourth-order valence-electron chi connectivity index (χ4n) is 2.46. The Balaban J connectivity index is 1.90. The van der Waals surface area contributed by atoms with E-state index in [2.05, 4.69) is 24.0 Å². The summed E-state index contributed by atoms with van der Waals surface area (Å²) < 4.78 is 0. The lowest BCUT2D eigenvalue weighted by atomic mass is 9.98. The number of rotatable bonds is 4. The number of benzene rings is 1. The standard InChI is InChI=1S/C14H22N2/c1-2-3-9-16-10-8-13(11-16)12-4-6-14(15)7-5-12/h4-7,13H,2-3,8-11,15H2,1H3. The van der Waals surface area contributed by atoms with Crippen molar-refractivity contribution in [3.05, 3.63) is 29.8 Å². The summed E-state index contributed by atoms with van der Waals surface area (Å²) in [7, 11) is 0. The van der Waals surface area contributed by atoms with Gasteiger partial charge in [0.1, 0.15) is 0 Å². The molecule has 0 aromatic heterocycles. The van der Waals surface area contributed by atoms with Crippen LogP contribution in [0.5, 0.6) is 0 Å². The molecular weight excluding hydrogens is 196 g/mol. The normalized spacial score (nSPS) is 21.4. The van der Waals surface area contributed by atoms with Crippen LogP contribution in [0.15, 0.2) is 24.3 Å². The third-order valence-corrected chi connectivity index (χ3v) is 3.51. The topological polar surface area (TPSA) is 29.3 Å². The molecule has 1 aromatic carbocycles. The number of nitrogens with zero attached hydrogens (tertiary/aromatic N) is 1. The van der Waals surface area contributed by atoms with E-state index in [0.29, 0.717) is 0 Å². The molecule has 1 aromatic rings. The molecule has 2 nitrogen and oxygen atoms in total. The first kappa shape index (κ1) is 11.5. The molecule has 1 aliphatic heterocycles. The van der Waals surface area contributed by atoms with Gasteiger partial charge in [0, 0.05) is 12.2 Å². The molecule has 1 fully saturated rings. The molecule has 0 radical (unpaired) electrons. The molecule has 2 rings (SSSR count). The zero-order valence-electron chi connectivity index (χ0n) is 10.2. The van der Waals surface area contributed by atoms with Crippen molar-refractivity contribution >= 4 is 5.69 Å². The van der Waals surface area contributed by atoms with Crippen LogP contribution in [0.4, 0.5) is 5.69 Å². The van der Waals surface area contributed by atoms with E-state index >= 15 is 0 Å². The van der Waals surface area contributed by atoms with E-state index in [1.807, 2.05) is 12.1 Å². The van der Waals surface area contributed by atoms with E-state index in [-0.39, 0.29) is 0 Å². The Morgan fingerprint density at radius 3 is 2.75 bits per heavy atom. The van der Waals surface area contributed by atoms with Gasteiger partial charge in [-0.05, 0) is 49.5 Å². The van der Waals surface area contributed by atoms with Gasteiger partial charge in [-0.15, -0.1) is 0 Å². The molecule has 0 bridgehead atoms. The summed E-state index contributed by atoms with van der Waals surface area (Å²) in [6, 6.07) is 8.40. The first-order valence-corrected chi connectivity index (χ1v) is 6.37. The van der Waals surface area contributed by atoms with Gasteiger partial charge in [0.25, 0.3) is 0 Å². The first-order valence-electron chi connectivity index (χ1n) is 6.37. The second-order valence-corrected chi connectivity index (χ2v) is 4.81. The average Bonchev–Trinajstić information content (AvgIpc) is 2.76. The van der Waals surface area contributed by atoms with Crippen LogP contribution in [0.1, 0.15) is 37.7 Å². The number of anilines is 1. The number of unbranched alkanes of at least 4 members (excludes halogenated alkanes) is 1. The van der Waals surface area contributed by atoms with Gasteiger partial charge in [0.2, 0.25) is 0 Å². The maximum Gasteiger partial charge on any atom is 0.0314 e. The molecule has 0 saturated carbocycles. The summed E-state index contributed by atoms with van der Waals surface area (Å²) in [5, 5.41) is 0. The van der Waals surface area contributed by atoms with E-state index in [1.165, 1.54) is 44.5 Å². The Morgan fingerprint density at radius 1 is 1.31 bits per heavy atom. The van der Waals surface area contributed by atoms with Crippen LogP contribution >= 0.6 is 0 Å². The van der Waals surface area contributed by atoms with Gasteiger partial charge in [-0.25, -0.2) is 0 Å². The molecule has 88 valence electrons. The van der Waals surface area contributed by atoms with Crippen molar-refractivity contribution in [1.82, 2.24) is 4.90 Å². The van der Waals surface area contributed by atoms with Gasteiger partial charge >= 0.3 is 0 Å². The zero-order valence-corrected chi connectivity index (χ0v) is 10.2. The monoisotopic (exact) mass is 218 g/mol. The van der Waals surface area contributed by atoms with Crippen molar-refractivity contribution in [2.45, 2.75) is 32.1 Å². The quantitative estimate of drug-likeness (QED) is 0.787. The van der Waals surface area contributed by atoms with Crippen LogP contribution in [0.3, 0.4) is 0 Å². The lowest BCUT2D eigenvalue weighted by molar-refractivity contribution is 0.328. The van der Waals surface area contributed by atoms with E-state index in [4.69, 9.17) is 5.73 Å². The molecule has 0 aliphatic carbocycles. The Hall–Kier alpha value is -1.02. The highest BCUT2D eigenvalue weighted by molar-refractivity contribution is 5.40. The highest BCUT2D eigenvalue weighted by Gasteiger charge is 2.22. The van der Waals surface area contributed by atoms with Crippen molar-refractivity contribution in [2.75, 3.05) is 25.4 Å². The highest BCUT2D eigenvalue weighted by atomic mass is 15.1. The molecule has 2 heteroatoms. The minimum atomic E-state index is 0.720. The van der Waals surface area contributed by atoms with Crippen molar-refractivity contribution < 1.29 is 0 Å². The van der Waals surface area contributed by atoms with E-state index in [9.17, 15) is 0 Å². The number of nitrogen functional groups attached to an aromatic ring is 1. The lowest BCUT2D eigenvalue weighted by Gasteiger charge is -2.15. The van der Waals surface area contributed by atoms with E-state index < -0.39 is 0 Å². The Bertz CT molecular complexity index is 318. The zero-order chi connectivity index (χ0) is 11.4. The Kier molecular flexibility index (Phi) is 3.83. The minimum absolute atomic E-state index is 0.720. The van der Waals surface area contributed by atoms with Crippen LogP contribution in [0, 0.1) is 0 Å². The van der Waals surface area contributed by atoms with Gasteiger partial charge < -0.3 is 10.6 Å². The second kappa shape index (κ2) is 5.35. The molecule has 1 saturated heterocycles. The fourth-order valence-corrected chi connectivity index (χ4v) is 2.46. The second-order valence-electron chi connectivity index (χ2n) is 4.81. The summed E-state index contributed by atoms with van der Waals surface area (Å²) in [5.74, 6) is 0.720. The predicted molar refractivity (Wildman–Crippen MR) is 69.6 cm³/mol. The maximum absolute atomic E-state index is 5.71. The van der Waals surface area contributed by atoms with Gasteiger partial charge in [-0.3, -0.25) is 0 Å². The molecule has 1 heterocycles. The van der Waals surface area contributed by atoms with E-state index in [1.54, 1.807) is 0 Å². The van der Waals surface area contributed by atoms with Crippen molar-refractivity contribution in [1.29, 1.82) is 0 Å². The molecule has 1 unspecified atom stereocenters. The van der Waals surface area contributed by atoms with Crippen LogP contribution < -0.4 is 5.73 Å². The number of hydrogen-bond acceptors (Lipinski definition) is 2. The summed E-state index contributed by atoms with van der Waals surface area (Å²) in [4.78, 5) is 2.59. The van der Waals surface area contributed by atoms with Crippen molar-refractivity contribution in [3.8, 4) is 0 Å². The largest absolute Gasteiger partial charge is 0.399 e. The van der Waals surface area contributed by atoms with Crippen molar-refractivity contribution in [3.63, 3.8) is 0 Å². The number of hydrogen-bond donors (Lipinski definition) is 1. The third kappa shape index (κ3) is 2.76. The average molecular weight is 218 g/mol. The maximum atomic E-state index is 5.71. The molecule has 16 heavy (non-hydrogen) atoms. The summed E-state index contributed by atoms with van der Waals surface area (Å²) >= 11 is 0. The van der Waals surface area contributed by atoms with Crippen LogP contribution in [-0.2, 0) is 0 Å². The van der Waals surface area contributed by atoms with Gasteiger partial charge in [0.05, 0.1) is 0 Å². The van der Waals surface area contributed by atoms with Crippen molar-refractivity contribution in [2.24, 2.45) is 0 Å². The molecule has 0 spiro atoms. The highest BCUT2D eigenvalue weighted by Crippen LogP contribution is 2.27. The Morgan fingerprint density at radius 2 is 2.06 bits per heavy atom. The lowest BCUT2D eigenvalue weighted by Crippen LogP contribution is -2.21. The predicted octanol–water partition coefficient (Wildman–Crippen LogP) is 2.86. The van der Waals surface area contributed by atoms with E-state index in [0.717, 1.165) is 11.6 Å². The summed E-state index contributed by atoms with van der Waals surface area (Å²) in [6.45, 7) is 6.01. The minimum Gasteiger partial charge on any atom is -0.399 e. The first-order chi connectivity index (χ1) is 7.79. The fraction of sp³-hybridized carbons (Fsp3) is 0.571. The van der Waals surface area contributed by atoms with Crippen LogP contribution in [0.25, 0.3) is 0 Å².